The van der Waals surface area contributed by atoms with Gasteiger partial charge in [-0.3, -0.25) is 4.79 Å². The van der Waals surface area contributed by atoms with Crippen LogP contribution in [0.15, 0.2) is 11.8 Å². The number of amides is 1. The molecular formula is C30H61N7O8. The average Bonchev–Trinajstić information content (AvgIpc) is 3.39. The van der Waals surface area contributed by atoms with Crippen LogP contribution in [-0.2, 0) is 23.7 Å². The summed E-state index contributed by atoms with van der Waals surface area (Å²) >= 11 is 0. The number of allylic oxidation sites excluding steroid dienone is 1. The molecule has 4 aliphatic rings. The molecule has 9 atom stereocenters. The van der Waals surface area contributed by atoms with E-state index in [2.05, 4.69) is 16.7 Å². The molecule has 15 heteroatoms. The van der Waals surface area contributed by atoms with Gasteiger partial charge in [0.1, 0.15) is 11.9 Å². The molecule has 0 bridgehead atoms. The zero-order valence-corrected chi connectivity index (χ0v) is 26.8. The predicted octanol–water partition coefficient (Wildman–Crippen LogP) is -2.38. The number of hydrogen-bond acceptors (Lipinski definition) is 14. The highest BCUT2D eigenvalue weighted by Crippen LogP contribution is 2.27. The lowest BCUT2D eigenvalue weighted by Crippen LogP contribution is -2.48. The van der Waals surface area contributed by atoms with Crippen molar-refractivity contribution in [2.45, 2.75) is 119 Å². The van der Waals surface area contributed by atoms with E-state index in [1.165, 1.54) is 0 Å². The van der Waals surface area contributed by atoms with Gasteiger partial charge in [-0.05, 0) is 70.7 Å². The molecule has 3 aliphatic heterocycles. The molecule has 3 fully saturated rings. The largest absolute Gasteiger partial charge is 0.497 e. The minimum atomic E-state index is -0.714. The van der Waals surface area contributed by atoms with E-state index in [0.717, 1.165) is 57.7 Å². The number of rotatable bonds is 13. The highest BCUT2D eigenvalue weighted by atomic mass is 16.7. The summed E-state index contributed by atoms with van der Waals surface area (Å²) in [6.45, 7) is 4.63. The maximum atomic E-state index is 11.8. The number of nitrogens with two attached hydrogens (primary N) is 5. The Morgan fingerprint density at radius 1 is 1.02 bits per heavy atom. The first kappa shape index (κ1) is 39.7. The Hall–Kier alpha value is -1.47. The summed E-state index contributed by atoms with van der Waals surface area (Å²) in [6.07, 6.45) is 7.17. The maximum Gasteiger partial charge on any atom is 0.220 e. The quantitative estimate of drug-likeness (QED) is 0.0936. The average molecular weight is 648 g/mol. The maximum absolute atomic E-state index is 11.8. The molecule has 3 heterocycles. The molecule has 1 amide bonds. The van der Waals surface area contributed by atoms with Gasteiger partial charge in [-0.25, -0.2) is 0 Å². The van der Waals surface area contributed by atoms with Crippen LogP contribution < -0.4 is 39.3 Å². The van der Waals surface area contributed by atoms with Crippen LogP contribution in [0.25, 0.3) is 0 Å². The Labute approximate surface area is 267 Å². The van der Waals surface area contributed by atoms with Gasteiger partial charge >= 0.3 is 0 Å². The summed E-state index contributed by atoms with van der Waals surface area (Å²) in [6, 6.07) is -0.301. The van der Waals surface area contributed by atoms with Gasteiger partial charge in [0.25, 0.3) is 0 Å². The number of aliphatic hydroxyl groups is 3. The summed E-state index contributed by atoms with van der Waals surface area (Å²) in [5, 5.41) is 34.3. The number of nitrogens with one attached hydrogen (secondary N) is 2. The van der Waals surface area contributed by atoms with Crippen LogP contribution in [0.1, 0.15) is 64.2 Å². The SMILES string of the molecule is NCCCC(=O)NC1CC(N)CC(OC2C[C@H](O)C(CO)O2)C1.NCCCNCC1=CCCCO1.NC[C@H]1CC(O)[C@@H](N)CO1. The van der Waals surface area contributed by atoms with Crippen molar-refractivity contribution in [3.8, 4) is 0 Å². The Morgan fingerprint density at radius 2 is 1.80 bits per heavy atom. The summed E-state index contributed by atoms with van der Waals surface area (Å²) in [4.78, 5) is 11.8. The molecule has 0 aromatic rings. The summed E-state index contributed by atoms with van der Waals surface area (Å²) in [5.74, 6) is 1.08. The first-order chi connectivity index (χ1) is 21.7. The first-order valence-corrected chi connectivity index (χ1v) is 16.5. The molecule has 0 aromatic heterocycles. The molecule has 4 rings (SSSR count). The van der Waals surface area contributed by atoms with Crippen molar-refractivity contribution in [2.75, 3.05) is 52.5 Å². The van der Waals surface area contributed by atoms with Gasteiger partial charge in [0.15, 0.2) is 6.29 Å². The molecule has 2 saturated heterocycles. The fourth-order valence-electron chi connectivity index (χ4n) is 5.46. The van der Waals surface area contributed by atoms with E-state index in [9.17, 15) is 15.0 Å². The van der Waals surface area contributed by atoms with E-state index >= 15 is 0 Å². The lowest BCUT2D eigenvalue weighted by molar-refractivity contribution is -0.176. The molecule has 15 N–H and O–H groups in total. The van der Waals surface area contributed by atoms with E-state index in [1.807, 2.05) is 0 Å². The zero-order valence-electron chi connectivity index (χ0n) is 26.8. The van der Waals surface area contributed by atoms with Crippen molar-refractivity contribution < 1.29 is 39.1 Å². The molecule has 45 heavy (non-hydrogen) atoms. The highest BCUT2D eigenvalue weighted by molar-refractivity contribution is 5.76. The first-order valence-electron chi connectivity index (χ1n) is 16.5. The van der Waals surface area contributed by atoms with Crippen LogP contribution >= 0.6 is 0 Å². The Balaban J connectivity index is 0.000000267. The van der Waals surface area contributed by atoms with Crippen molar-refractivity contribution in [3.05, 3.63) is 11.8 Å². The van der Waals surface area contributed by atoms with Crippen LogP contribution in [0.2, 0.25) is 0 Å². The smallest absolute Gasteiger partial charge is 0.220 e. The van der Waals surface area contributed by atoms with Crippen LogP contribution in [0.4, 0.5) is 0 Å². The van der Waals surface area contributed by atoms with Gasteiger partial charge in [-0.1, -0.05) is 0 Å². The third-order valence-electron chi connectivity index (χ3n) is 8.04. The van der Waals surface area contributed by atoms with Gasteiger partial charge in [-0.15, -0.1) is 0 Å². The third kappa shape index (κ3) is 16.3. The normalized spacial score (nSPS) is 33.1. The second kappa shape index (κ2) is 23.0. The van der Waals surface area contributed by atoms with Gasteiger partial charge in [-0.2, -0.15) is 0 Å². The molecule has 0 aromatic carbocycles. The molecule has 264 valence electrons. The van der Waals surface area contributed by atoms with Crippen LogP contribution in [-0.4, -0.2) is 129 Å². The minimum Gasteiger partial charge on any atom is -0.497 e. The standard InChI is InChI=1S/C15H29N3O5.C9H18N2O.C6H14N2O2/c16-3-1-2-14(21)18-10-4-9(17)5-11(6-10)22-15-7-12(20)13(8-19)23-15;10-5-3-6-11-8-9-4-1-2-7-12-9;7-2-4-1-6(9)5(8)3-10-4/h9-13,15,19-20H,1-8,16-17H2,(H,18,21);4,11H,1-3,5-8,10H2;4-6,9H,1-3,7-8H2/t9?,10?,11?,12-,13?,15?;;4-,5+,6?/m0.1/s1. The third-order valence-corrected chi connectivity index (χ3v) is 8.04. The Morgan fingerprint density at radius 3 is 2.42 bits per heavy atom. The van der Waals surface area contributed by atoms with Gasteiger partial charge in [0, 0.05) is 37.9 Å². The predicted molar refractivity (Wildman–Crippen MR) is 170 cm³/mol. The van der Waals surface area contributed by atoms with Crippen LogP contribution in [0.3, 0.4) is 0 Å². The van der Waals surface area contributed by atoms with Crippen LogP contribution in [0.5, 0.6) is 0 Å². The second-order valence-corrected chi connectivity index (χ2v) is 12.1. The summed E-state index contributed by atoms with van der Waals surface area (Å²) < 4.78 is 22.0. The minimum absolute atomic E-state index is 0.00481. The molecule has 15 nitrogen and oxygen atoms in total. The fraction of sp³-hybridized carbons (Fsp3) is 0.900. The van der Waals surface area contributed by atoms with Crippen LogP contribution in [0, 0.1) is 0 Å². The van der Waals surface area contributed by atoms with E-state index in [-0.39, 0.29) is 42.8 Å². The second-order valence-electron chi connectivity index (χ2n) is 12.1. The van der Waals surface area contributed by atoms with E-state index in [0.29, 0.717) is 58.2 Å². The molecule has 1 aliphatic carbocycles. The molecular weight excluding hydrogens is 586 g/mol. The lowest BCUT2D eigenvalue weighted by atomic mass is 9.89. The molecule has 0 spiro atoms. The lowest BCUT2D eigenvalue weighted by Gasteiger charge is -2.34. The number of carbonyl (C=O) groups excluding carboxylic acids is 1. The van der Waals surface area contributed by atoms with Crippen molar-refractivity contribution in [1.29, 1.82) is 0 Å². The van der Waals surface area contributed by atoms with Crippen molar-refractivity contribution in [2.24, 2.45) is 28.7 Å². The Bertz CT molecular complexity index is 829. The topological polar surface area (TPSA) is 269 Å². The van der Waals surface area contributed by atoms with Crippen molar-refractivity contribution >= 4 is 5.91 Å². The van der Waals surface area contributed by atoms with Gasteiger partial charge < -0.3 is 73.6 Å². The molecule has 6 unspecified atom stereocenters. The fourth-order valence-corrected chi connectivity index (χ4v) is 5.46. The summed E-state index contributed by atoms with van der Waals surface area (Å²) in [5.41, 5.74) is 27.6. The highest BCUT2D eigenvalue weighted by Gasteiger charge is 2.37. The van der Waals surface area contributed by atoms with E-state index in [1.54, 1.807) is 0 Å². The van der Waals surface area contributed by atoms with Gasteiger partial charge in [0.05, 0.1) is 56.8 Å². The van der Waals surface area contributed by atoms with Crippen molar-refractivity contribution in [3.63, 3.8) is 0 Å². The van der Waals surface area contributed by atoms with Gasteiger partial charge in [0.2, 0.25) is 5.91 Å². The van der Waals surface area contributed by atoms with E-state index < -0.39 is 24.6 Å². The number of hydrogen-bond donors (Lipinski definition) is 10. The number of ether oxygens (including phenoxy) is 4. The van der Waals surface area contributed by atoms with Crippen molar-refractivity contribution in [1.82, 2.24) is 10.6 Å². The summed E-state index contributed by atoms with van der Waals surface area (Å²) in [7, 11) is 0. The zero-order chi connectivity index (χ0) is 33.0. The molecule has 0 radical (unpaired) electrons. The molecule has 1 saturated carbocycles. The van der Waals surface area contributed by atoms with E-state index in [4.69, 9.17) is 52.7 Å². The monoisotopic (exact) mass is 647 g/mol. The Kier molecular flexibility index (Phi) is 20.3. The number of aliphatic hydroxyl groups excluding tert-OH is 3. The number of carbonyl (C=O) groups is 1.